The Morgan fingerprint density at radius 3 is 2.62 bits per heavy atom. The molecular formula is C35H49NO3. The first-order valence-electron chi connectivity index (χ1n) is 15.6. The zero-order valence-corrected chi connectivity index (χ0v) is 24.8. The number of nitrogens with zero attached hydrogens (tertiary/aromatic N) is 1. The average Bonchev–Trinajstić information content (AvgIpc) is 3.22. The maximum absolute atomic E-state index is 11.2. The van der Waals surface area contributed by atoms with Crippen molar-refractivity contribution < 1.29 is 14.7 Å². The summed E-state index contributed by atoms with van der Waals surface area (Å²) in [6.07, 6.45) is 14.3. The van der Waals surface area contributed by atoms with Gasteiger partial charge in [-0.1, -0.05) is 75.7 Å². The second-order valence-electron chi connectivity index (χ2n) is 14.9. The second kappa shape index (κ2) is 10.2. The quantitative estimate of drug-likeness (QED) is 0.310. The molecule has 1 aromatic rings. The van der Waals surface area contributed by atoms with Gasteiger partial charge in [0.15, 0.2) is 0 Å². The van der Waals surface area contributed by atoms with E-state index in [9.17, 15) is 5.11 Å². The Bertz CT molecular complexity index is 1150. The van der Waals surface area contributed by atoms with Gasteiger partial charge in [-0.25, -0.2) is 0 Å². The zero-order chi connectivity index (χ0) is 27.4. The van der Waals surface area contributed by atoms with Crippen LogP contribution in [0, 0.1) is 28.6 Å². The van der Waals surface area contributed by atoms with Crippen LogP contribution < -0.4 is 0 Å². The highest BCUT2D eigenvalue weighted by Gasteiger charge is 2.56. The molecule has 3 saturated carbocycles. The third kappa shape index (κ3) is 5.05. The van der Waals surface area contributed by atoms with Crippen LogP contribution in [0.15, 0.2) is 52.2 Å². The summed E-state index contributed by atoms with van der Waals surface area (Å²) >= 11 is 0. The lowest BCUT2D eigenvalue weighted by Crippen LogP contribution is -2.47. The molecule has 6 rings (SSSR count). The molecule has 0 radical (unpaired) electrons. The molecule has 6 atom stereocenters. The fourth-order valence-electron chi connectivity index (χ4n) is 8.59. The van der Waals surface area contributed by atoms with Crippen LogP contribution in [0.4, 0.5) is 0 Å². The monoisotopic (exact) mass is 531 g/mol. The minimum absolute atomic E-state index is 0.0104. The molecule has 4 fully saturated rings. The molecule has 1 aliphatic heterocycles. The van der Waals surface area contributed by atoms with Crippen LogP contribution in [0.2, 0.25) is 0 Å². The number of aliphatic hydroxyl groups is 1. The highest BCUT2D eigenvalue weighted by atomic mass is 16.6. The van der Waals surface area contributed by atoms with Crippen LogP contribution in [-0.4, -0.2) is 36.2 Å². The number of aliphatic hydroxyl groups excluding tert-OH is 1. The van der Waals surface area contributed by atoms with E-state index in [0.29, 0.717) is 35.7 Å². The van der Waals surface area contributed by atoms with Gasteiger partial charge in [-0.2, -0.15) is 0 Å². The zero-order valence-electron chi connectivity index (χ0n) is 24.8. The van der Waals surface area contributed by atoms with Crippen molar-refractivity contribution in [3.05, 3.63) is 58.2 Å². The minimum Gasteiger partial charge on any atom is -0.396 e. The third-order valence-electron chi connectivity index (χ3n) is 11.0. The van der Waals surface area contributed by atoms with Gasteiger partial charge in [0.2, 0.25) is 0 Å². The molecule has 0 amide bonds. The van der Waals surface area contributed by atoms with Crippen LogP contribution in [0.3, 0.4) is 0 Å². The molecule has 1 aromatic carbocycles. The molecule has 4 heteroatoms. The van der Waals surface area contributed by atoms with Gasteiger partial charge in [0, 0.05) is 12.3 Å². The van der Waals surface area contributed by atoms with Crippen molar-refractivity contribution in [1.29, 1.82) is 0 Å². The maximum Gasteiger partial charge on any atom is 0.119 e. The van der Waals surface area contributed by atoms with Crippen LogP contribution >= 0.6 is 0 Å². The van der Waals surface area contributed by atoms with Crippen LogP contribution in [-0.2, 0) is 9.57 Å². The molecule has 39 heavy (non-hydrogen) atoms. The van der Waals surface area contributed by atoms with E-state index < -0.39 is 0 Å². The lowest BCUT2D eigenvalue weighted by atomic mass is 9.53. The lowest BCUT2D eigenvalue weighted by molar-refractivity contribution is -0.130. The van der Waals surface area contributed by atoms with E-state index in [0.717, 1.165) is 57.1 Å². The van der Waals surface area contributed by atoms with Gasteiger partial charge in [0.1, 0.15) is 6.61 Å². The molecule has 212 valence electrons. The fourth-order valence-corrected chi connectivity index (χ4v) is 8.59. The number of benzene rings is 1. The van der Waals surface area contributed by atoms with Gasteiger partial charge >= 0.3 is 0 Å². The van der Waals surface area contributed by atoms with Crippen molar-refractivity contribution in [3.63, 3.8) is 0 Å². The van der Waals surface area contributed by atoms with Crippen LogP contribution in [0.1, 0.15) is 109 Å². The number of hydrogen-bond donors (Lipinski definition) is 1. The first kappa shape index (κ1) is 27.3. The number of fused-ring (bicyclic) bond motifs is 4. The van der Waals surface area contributed by atoms with E-state index in [1.807, 2.05) is 6.21 Å². The van der Waals surface area contributed by atoms with E-state index in [2.05, 4.69) is 70.1 Å². The number of oxime groups is 1. The highest BCUT2D eigenvalue weighted by Crippen LogP contribution is 2.64. The van der Waals surface area contributed by atoms with Crippen LogP contribution in [0.5, 0.6) is 0 Å². The smallest absolute Gasteiger partial charge is 0.119 e. The summed E-state index contributed by atoms with van der Waals surface area (Å²) in [7, 11) is 0. The summed E-state index contributed by atoms with van der Waals surface area (Å²) in [5.41, 5.74) is 7.71. The van der Waals surface area contributed by atoms with Crippen molar-refractivity contribution in [3.8, 4) is 0 Å². The Balaban J connectivity index is 1.30. The fraction of sp³-hybridized carbons (Fsp3) is 0.686. The first-order chi connectivity index (χ1) is 18.6. The molecule has 4 aliphatic carbocycles. The molecule has 0 aromatic heterocycles. The number of hydrogen-bond acceptors (Lipinski definition) is 4. The topological polar surface area (TPSA) is 51.0 Å². The average molecular weight is 532 g/mol. The third-order valence-corrected chi connectivity index (χ3v) is 11.0. The Morgan fingerprint density at radius 1 is 1.10 bits per heavy atom. The maximum atomic E-state index is 11.2. The van der Waals surface area contributed by atoms with E-state index in [1.54, 1.807) is 16.7 Å². The molecule has 6 unspecified atom stereocenters. The predicted octanol–water partition coefficient (Wildman–Crippen LogP) is 7.96. The van der Waals surface area contributed by atoms with Crippen LogP contribution in [0.25, 0.3) is 0 Å². The van der Waals surface area contributed by atoms with Crippen molar-refractivity contribution in [1.82, 2.24) is 0 Å². The number of ether oxygens (including phenoxy) is 1. The normalized spacial score (nSPS) is 37.6. The van der Waals surface area contributed by atoms with E-state index in [4.69, 9.17) is 9.57 Å². The Labute approximate surface area is 235 Å². The Kier molecular flexibility index (Phi) is 7.11. The molecule has 1 spiro atoms. The molecule has 1 saturated heterocycles. The van der Waals surface area contributed by atoms with Gasteiger partial charge in [0.25, 0.3) is 0 Å². The van der Waals surface area contributed by atoms with E-state index >= 15 is 0 Å². The first-order valence-corrected chi connectivity index (χ1v) is 15.6. The summed E-state index contributed by atoms with van der Waals surface area (Å²) < 4.78 is 6.67. The molecule has 5 aliphatic rings. The lowest BCUT2D eigenvalue weighted by Gasteiger charge is -2.53. The predicted molar refractivity (Wildman–Crippen MR) is 158 cm³/mol. The van der Waals surface area contributed by atoms with Crippen molar-refractivity contribution >= 4 is 6.21 Å². The van der Waals surface area contributed by atoms with Crippen molar-refractivity contribution in [2.24, 2.45) is 33.7 Å². The summed E-state index contributed by atoms with van der Waals surface area (Å²) in [5.74, 6) is 1.97. The van der Waals surface area contributed by atoms with Gasteiger partial charge in [0.05, 0.1) is 24.5 Å². The second-order valence-corrected chi connectivity index (χ2v) is 14.9. The molecular weight excluding hydrogens is 482 g/mol. The standard InChI is InChI=1S/C35H49NO3/c1-23(2)21-39-36-20-24-6-8-25(9-7-24)29-19-34(5)30(12-13-31(34)37)28-11-10-26-18-35(15-14-27(26)32(28)29)17-16-33(3,4)22-38-35/h6-10,20,23,28-31,37H,11-19,21-22H2,1-5H3/b36-20+. The molecule has 1 heterocycles. The van der Waals surface area contributed by atoms with Gasteiger partial charge in [-0.15, -0.1) is 0 Å². The van der Waals surface area contributed by atoms with Gasteiger partial charge in [-0.3, -0.25) is 0 Å². The number of rotatable bonds is 5. The van der Waals surface area contributed by atoms with Crippen molar-refractivity contribution in [2.45, 2.75) is 110 Å². The van der Waals surface area contributed by atoms with Crippen molar-refractivity contribution in [2.75, 3.05) is 13.2 Å². The highest BCUT2D eigenvalue weighted by molar-refractivity contribution is 5.79. The molecule has 0 bridgehead atoms. The summed E-state index contributed by atoms with van der Waals surface area (Å²) in [6, 6.07) is 8.98. The summed E-state index contributed by atoms with van der Waals surface area (Å²) in [5, 5.41) is 15.4. The Hall–Kier alpha value is -1.91. The molecule has 1 N–H and O–H groups in total. The van der Waals surface area contributed by atoms with E-state index in [-0.39, 0.29) is 17.1 Å². The Morgan fingerprint density at radius 2 is 1.90 bits per heavy atom. The molecule has 4 nitrogen and oxygen atoms in total. The van der Waals surface area contributed by atoms with Gasteiger partial charge in [-0.05, 0) is 102 Å². The SMILES string of the molecule is CC(C)CO/N=C/c1ccc(C2CC3(C)C(O)CCC3C3CC=C4CC5(CCC4=C23)CCC(C)(C)CO5)cc1. The summed E-state index contributed by atoms with van der Waals surface area (Å²) in [4.78, 5) is 5.42. The largest absolute Gasteiger partial charge is 0.396 e. The number of allylic oxidation sites excluding steroid dienone is 3. The van der Waals surface area contributed by atoms with E-state index in [1.165, 1.54) is 18.4 Å². The summed E-state index contributed by atoms with van der Waals surface area (Å²) in [6.45, 7) is 12.8. The minimum atomic E-state index is -0.194. The van der Waals surface area contributed by atoms with Gasteiger partial charge < -0.3 is 14.7 Å².